The Morgan fingerprint density at radius 3 is 2.50 bits per heavy atom. The van der Waals surface area contributed by atoms with Gasteiger partial charge in [0.15, 0.2) is 0 Å². The van der Waals surface area contributed by atoms with Crippen molar-refractivity contribution in [1.29, 1.82) is 0 Å². The summed E-state index contributed by atoms with van der Waals surface area (Å²) in [4.78, 5) is 57.8. The molecule has 2 aromatic rings. The summed E-state index contributed by atoms with van der Waals surface area (Å²) in [6.45, 7) is 0.132. The van der Waals surface area contributed by atoms with Crippen molar-refractivity contribution in [3.05, 3.63) is 65.2 Å². The van der Waals surface area contributed by atoms with Gasteiger partial charge in [0.05, 0.1) is 12.3 Å². The van der Waals surface area contributed by atoms with E-state index >= 15 is 0 Å². The minimum Gasteiger partial charge on any atom is -0.465 e. The lowest BCUT2D eigenvalue weighted by Crippen LogP contribution is -2.62. The molecule has 2 atom stereocenters. The number of aliphatic hydroxyl groups excluding tert-OH is 1. The number of hydrazone groups is 1. The SMILES string of the molecule is CC(C)(NC(=O)O)C(=O)NC(CCc1cc(F)ccc1CO)C(=O)N1CCC2=NN(CC(F)(F)F)C(=O)C2(Cc2ccccn2)C1. The van der Waals surface area contributed by atoms with Crippen LogP contribution in [0.4, 0.5) is 22.4 Å². The Morgan fingerprint density at radius 2 is 1.87 bits per heavy atom. The fraction of sp³-hybridized carbons (Fsp3) is 0.467. The maximum atomic E-state index is 14.1. The summed E-state index contributed by atoms with van der Waals surface area (Å²) in [5.41, 5.74) is -2.01. The summed E-state index contributed by atoms with van der Waals surface area (Å²) in [6, 6.07) is 7.28. The summed E-state index contributed by atoms with van der Waals surface area (Å²) in [7, 11) is 0. The molecule has 4 rings (SSSR count). The molecule has 2 aliphatic heterocycles. The van der Waals surface area contributed by atoms with Crippen LogP contribution in [-0.4, -0.2) is 92.0 Å². The van der Waals surface area contributed by atoms with Crippen molar-refractivity contribution in [3.63, 3.8) is 0 Å². The van der Waals surface area contributed by atoms with Crippen molar-refractivity contribution in [1.82, 2.24) is 25.5 Å². The number of amides is 4. The molecule has 0 bridgehead atoms. The van der Waals surface area contributed by atoms with Gasteiger partial charge < -0.3 is 25.7 Å². The third-order valence-corrected chi connectivity index (χ3v) is 8.00. The highest BCUT2D eigenvalue weighted by atomic mass is 19.4. The second-order valence-corrected chi connectivity index (χ2v) is 11.8. The molecule has 248 valence electrons. The molecule has 1 saturated heterocycles. The number of halogens is 4. The number of aliphatic hydroxyl groups is 1. The number of carboxylic acid groups (broad SMARTS) is 1. The Bertz CT molecular complexity index is 1520. The number of carbonyl (C=O) groups excluding carboxylic acids is 3. The highest BCUT2D eigenvalue weighted by molar-refractivity contribution is 6.14. The van der Waals surface area contributed by atoms with Gasteiger partial charge in [-0.25, -0.2) is 14.2 Å². The number of aromatic nitrogens is 1. The molecule has 1 aromatic heterocycles. The highest BCUT2D eigenvalue weighted by Crippen LogP contribution is 2.39. The van der Waals surface area contributed by atoms with Gasteiger partial charge in [0.25, 0.3) is 5.91 Å². The van der Waals surface area contributed by atoms with Crippen molar-refractivity contribution in [2.75, 3.05) is 19.6 Å². The molecule has 2 aliphatic rings. The molecule has 4 N–H and O–H groups in total. The predicted octanol–water partition coefficient (Wildman–Crippen LogP) is 2.40. The van der Waals surface area contributed by atoms with E-state index in [9.17, 15) is 47.0 Å². The minimum atomic E-state index is -4.73. The molecule has 46 heavy (non-hydrogen) atoms. The number of nitrogens with one attached hydrogen (secondary N) is 2. The molecule has 3 heterocycles. The largest absolute Gasteiger partial charge is 0.465 e. The fourth-order valence-electron chi connectivity index (χ4n) is 5.68. The van der Waals surface area contributed by atoms with Crippen LogP contribution in [0.5, 0.6) is 0 Å². The summed E-state index contributed by atoms with van der Waals surface area (Å²) in [5.74, 6) is -3.08. The second-order valence-electron chi connectivity index (χ2n) is 11.8. The number of aryl methyl sites for hydroxylation is 1. The monoisotopic (exact) mass is 650 g/mol. The highest BCUT2D eigenvalue weighted by Gasteiger charge is 2.56. The van der Waals surface area contributed by atoms with Crippen LogP contribution in [0, 0.1) is 11.2 Å². The fourth-order valence-corrected chi connectivity index (χ4v) is 5.68. The maximum Gasteiger partial charge on any atom is 0.408 e. The number of nitrogens with zero attached hydrogens (tertiary/aromatic N) is 4. The number of likely N-dealkylation sites (tertiary alicyclic amines) is 1. The zero-order valence-electron chi connectivity index (χ0n) is 25.1. The lowest BCUT2D eigenvalue weighted by molar-refractivity contribution is -0.164. The van der Waals surface area contributed by atoms with Crippen molar-refractivity contribution >= 4 is 29.5 Å². The molecule has 0 radical (unpaired) electrons. The number of benzene rings is 1. The molecule has 2 unspecified atom stereocenters. The summed E-state index contributed by atoms with van der Waals surface area (Å²) >= 11 is 0. The van der Waals surface area contributed by atoms with Crippen LogP contribution in [0.3, 0.4) is 0 Å². The number of hydrogen-bond acceptors (Lipinski definition) is 7. The van der Waals surface area contributed by atoms with E-state index < -0.39 is 66.0 Å². The van der Waals surface area contributed by atoms with Crippen molar-refractivity contribution < 1.29 is 47.0 Å². The number of fused-ring (bicyclic) bond motifs is 1. The average molecular weight is 651 g/mol. The van der Waals surface area contributed by atoms with Gasteiger partial charge in [-0.1, -0.05) is 12.1 Å². The van der Waals surface area contributed by atoms with Crippen molar-refractivity contribution in [2.45, 2.75) is 63.9 Å². The van der Waals surface area contributed by atoms with E-state index in [-0.39, 0.29) is 44.5 Å². The number of pyridine rings is 1. The van der Waals surface area contributed by atoms with Gasteiger partial charge >= 0.3 is 12.3 Å². The van der Waals surface area contributed by atoms with Crippen molar-refractivity contribution in [3.8, 4) is 0 Å². The Hall–Kier alpha value is -4.60. The summed E-state index contributed by atoms with van der Waals surface area (Å²) < 4.78 is 54.1. The van der Waals surface area contributed by atoms with Crippen LogP contribution in [-0.2, 0) is 33.8 Å². The zero-order chi connectivity index (χ0) is 33.9. The Morgan fingerprint density at radius 1 is 1.13 bits per heavy atom. The second kappa shape index (κ2) is 13.4. The van der Waals surface area contributed by atoms with Gasteiger partial charge in [0.2, 0.25) is 11.8 Å². The van der Waals surface area contributed by atoms with E-state index in [1.54, 1.807) is 18.2 Å². The zero-order valence-corrected chi connectivity index (χ0v) is 25.1. The Kier molecular flexibility index (Phi) is 9.99. The molecule has 1 aromatic carbocycles. The molecular formula is C30H34F4N6O6. The van der Waals surface area contributed by atoms with Crippen molar-refractivity contribution in [2.24, 2.45) is 10.5 Å². The van der Waals surface area contributed by atoms with E-state index in [0.717, 1.165) is 6.07 Å². The Labute approximate surface area is 261 Å². The molecule has 4 amide bonds. The third-order valence-electron chi connectivity index (χ3n) is 8.00. The molecule has 1 fully saturated rings. The number of piperidine rings is 1. The van der Waals surface area contributed by atoms with Gasteiger partial charge in [-0.3, -0.25) is 19.4 Å². The lowest BCUT2D eigenvalue weighted by Gasteiger charge is -2.41. The van der Waals surface area contributed by atoms with E-state index in [4.69, 9.17) is 0 Å². The quantitative estimate of drug-likeness (QED) is 0.271. The van der Waals surface area contributed by atoms with Crippen LogP contribution < -0.4 is 10.6 Å². The summed E-state index contributed by atoms with van der Waals surface area (Å²) in [6.07, 6.45) is -5.04. The molecule has 0 aliphatic carbocycles. The molecule has 0 spiro atoms. The van der Waals surface area contributed by atoms with Crippen LogP contribution in [0.25, 0.3) is 0 Å². The van der Waals surface area contributed by atoms with Crippen LogP contribution in [0.15, 0.2) is 47.7 Å². The van der Waals surface area contributed by atoms with E-state index in [1.807, 2.05) is 0 Å². The lowest BCUT2D eigenvalue weighted by atomic mass is 9.74. The van der Waals surface area contributed by atoms with Gasteiger partial charge in [-0.2, -0.15) is 18.3 Å². The van der Waals surface area contributed by atoms with Gasteiger partial charge in [-0.15, -0.1) is 0 Å². The van der Waals surface area contributed by atoms with E-state index in [1.165, 1.54) is 37.1 Å². The molecule has 0 saturated carbocycles. The van der Waals surface area contributed by atoms with Crippen LogP contribution in [0.1, 0.15) is 43.5 Å². The number of rotatable bonds is 11. The first-order chi connectivity index (χ1) is 21.5. The average Bonchev–Trinajstić information content (AvgIpc) is 3.23. The van der Waals surface area contributed by atoms with Gasteiger partial charge in [0, 0.05) is 37.8 Å². The van der Waals surface area contributed by atoms with Gasteiger partial charge in [0.1, 0.15) is 29.4 Å². The number of hydrogen-bond donors (Lipinski definition) is 4. The molecule has 12 nitrogen and oxygen atoms in total. The van der Waals surface area contributed by atoms with Gasteiger partial charge in [-0.05, 0) is 62.1 Å². The molecular weight excluding hydrogens is 616 g/mol. The van der Waals surface area contributed by atoms with Crippen LogP contribution in [0.2, 0.25) is 0 Å². The summed E-state index contributed by atoms with van der Waals surface area (Å²) in [5, 5.41) is 27.9. The maximum absolute atomic E-state index is 14.1. The topological polar surface area (TPSA) is 165 Å². The minimum absolute atomic E-state index is 0.00897. The van der Waals surface area contributed by atoms with E-state index in [2.05, 4.69) is 20.7 Å². The normalized spacial score (nSPS) is 18.9. The number of carbonyl (C=O) groups is 4. The first kappa shape index (κ1) is 34.3. The first-order valence-corrected chi connectivity index (χ1v) is 14.4. The first-order valence-electron chi connectivity index (χ1n) is 14.4. The Balaban J connectivity index is 1.66. The standard InChI is InChI=1S/C30H34F4N6O6/c1-28(2,37-27(45)46)25(43)36-22(9-7-18-13-20(31)8-6-19(18)15-41)24(42)39-12-10-23-29(16-39,14-21-5-3-4-11-35-21)26(44)40(38-23)17-30(32,33)34/h3-6,8,11,13,22,37,41H,7,9-10,12,14-17H2,1-2H3,(H,36,43)(H,45,46). The number of alkyl halides is 3. The smallest absolute Gasteiger partial charge is 0.408 e. The third kappa shape index (κ3) is 7.78. The van der Waals surface area contributed by atoms with E-state index in [0.29, 0.717) is 21.8 Å². The predicted molar refractivity (Wildman–Crippen MR) is 155 cm³/mol. The molecule has 16 heteroatoms. The van der Waals surface area contributed by atoms with Crippen LogP contribution >= 0.6 is 0 Å².